The molecule has 1 fully saturated rings. The van der Waals surface area contributed by atoms with Gasteiger partial charge in [-0.25, -0.2) is 0 Å². The predicted molar refractivity (Wildman–Crippen MR) is 88.5 cm³/mol. The van der Waals surface area contributed by atoms with Gasteiger partial charge in [0.1, 0.15) is 6.20 Å². The van der Waals surface area contributed by atoms with Crippen LogP contribution >= 0.6 is 11.3 Å². The van der Waals surface area contributed by atoms with Gasteiger partial charge in [0.25, 0.3) is 4.96 Å². The van der Waals surface area contributed by atoms with Gasteiger partial charge in [0, 0.05) is 37.6 Å². The fourth-order valence-corrected chi connectivity index (χ4v) is 3.68. The molecule has 0 atom stereocenters. The average molecular weight is 348 g/mol. The maximum absolute atomic E-state index is 11.4. The number of imidazole rings is 1. The average Bonchev–Trinajstić information content (AvgIpc) is 3.23. The van der Waals surface area contributed by atoms with Gasteiger partial charge in [-0.2, -0.15) is 9.38 Å². The second-order valence-electron chi connectivity index (χ2n) is 5.77. The van der Waals surface area contributed by atoms with Crippen LogP contribution in [0.3, 0.4) is 0 Å². The number of hydrogen-bond donors (Lipinski definition) is 0. The van der Waals surface area contributed by atoms with Crippen molar-refractivity contribution >= 4 is 27.9 Å². The summed E-state index contributed by atoms with van der Waals surface area (Å²) in [5.41, 5.74) is 0.873. The van der Waals surface area contributed by atoms with E-state index in [1.807, 2.05) is 17.9 Å². The van der Waals surface area contributed by atoms with E-state index >= 15 is 0 Å². The van der Waals surface area contributed by atoms with Gasteiger partial charge in [0.05, 0.1) is 12.2 Å². The van der Waals surface area contributed by atoms with E-state index in [-0.39, 0.29) is 10.7 Å². The Hall–Kier alpha value is -2.46. The van der Waals surface area contributed by atoms with E-state index in [0.717, 1.165) is 24.5 Å². The smallest absolute Gasteiger partial charge is 0.360 e. The van der Waals surface area contributed by atoms with Crippen molar-refractivity contribution in [2.24, 2.45) is 0 Å². The minimum atomic E-state index is -0.355. The number of thiazole rings is 1. The summed E-state index contributed by atoms with van der Waals surface area (Å²) in [6.07, 6.45) is 1.69. The molecule has 3 aromatic heterocycles. The molecule has 4 rings (SSSR count). The molecule has 0 saturated carbocycles. The largest absolute Gasteiger partial charge is 0.373 e. The van der Waals surface area contributed by atoms with E-state index in [1.165, 1.54) is 11.3 Å². The van der Waals surface area contributed by atoms with E-state index in [2.05, 4.69) is 15.0 Å². The Morgan fingerprint density at radius 2 is 2.17 bits per heavy atom. The molecule has 0 radical (unpaired) electrons. The number of aromatic nitrogens is 3. The molecule has 9 nitrogen and oxygen atoms in total. The van der Waals surface area contributed by atoms with Crippen LogP contribution in [0.2, 0.25) is 0 Å². The quantitative estimate of drug-likeness (QED) is 0.525. The first-order valence-electron chi connectivity index (χ1n) is 7.61. The fraction of sp³-hybridized carbons (Fsp3) is 0.429. The van der Waals surface area contributed by atoms with Crippen LogP contribution in [0.1, 0.15) is 11.5 Å². The third-order valence-corrected chi connectivity index (χ3v) is 4.88. The molecule has 0 aliphatic carbocycles. The number of aryl methyl sites for hydroxylation is 1. The van der Waals surface area contributed by atoms with E-state index in [4.69, 9.17) is 4.52 Å². The highest BCUT2D eigenvalue weighted by Gasteiger charge is 2.30. The Morgan fingerprint density at radius 3 is 2.83 bits per heavy atom. The molecule has 1 aliphatic heterocycles. The van der Waals surface area contributed by atoms with E-state index in [1.54, 1.807) is 16.0 Å². The lowest BCUT2D eigenvalue weighted by atomic mass is 10.3. The molecule has 0 spiro atoms. The number of hydrogen-bond acceptors (Lipinski definition) is 8. The second kappa shape index (κ2) is 5.87. The van der Waals surface area contributed by atoms with Crippen molar-refractivity contribution < 1.29 is 9.45 Å². The van der Waals surface area contributed by atoms with Gasteiger partial charge in [-0.15, -0.1) is 0 Å². The molecule has 1 saturated heterocycles. The molecule has 24 heavy (non-hydrogen) atoms. The summed E-state index contributed by atoms with van der Waals surface area (Å²) >= 11 is 1.40. The van der Waals surface area contributed by atoms with Gasteiger partial charge in [-0.1, -0.05) is 16.5 Å². The van der Waals surface area contributed by atoms with Gasteiger partial charge < -0.3 is 19.5 Å². The summed E-state index contributed by atoms with van der Waals surface area (Å²) in [5.74, 6) is 1.35. The molecule has 1 aliphatic rings. The Morgan fingerprint density at radius 1 is 1.38 bits per heavy atom. The molecular formula is C14H16N6O3S. The zero-order valence-corrected chi connectivity index (χ0v) is 13.9. The standard InChI is InChI=1S/C14H16N6O3S/c1-10-8-11(23-16-10)9-17-2-4-18(5-3-17)12-13(20(21)22)19-6-7-24-14(19)15-12/h6-8H,2-5,9H2,1H3. The first-order valence-corrected chi connectivity index (χ1v) is 8.49. The van der Waals surface area contributed by atoms with Gasteiger partial charge in [-0.3, -0.25) is 4.90 Å². The first kappa shape index (κ1) is 15.1. The number of fused-ring (bicyclic) bond motifs is 1. The minimum absolute atomic E-state index is 0.0468. The molecule has 126 valence electrons. The van der Waals surface area contributed by atoms with Crippen molar-refractivity contribution in [3.8, 4) is 0 Å². The van der Waals surface area contributed by atoms with E-state index in [9.17, 15) is 10.1 Å². The second-order valence-corrected chi connectivity index (χ2v) is 6.64. The lowest BCUT2D eigenvalue weighted by Gasteiger charge is -2.33. The highest BCUT2D eigenvalue weighted by molar-refractivity contribution is 7.15. The number of anilines is 1. The predicted octanol–water partition coefficient (Wildman–Crippen LogP) is 1.92. The molecule has 10 heteroatoms. The van der Waals surface area contributed by atoms with Crippen LogP contribution in [0.15, 0.2) is 22.2 Å². The summed E-state index contributed by atoms with van der Waals surface area (Å²) in [7, 11) is 0. The number of nitro groups is 1. The summed E-state index contributed by atoms with van der Waals surface area (Å²) < 4.78 is 6.79. The fourth-order valence-electron chi connectivity index (χ4n) is 2.97. The summed E-state index contributed by atoms with van der Waals surface area (Å²) in [6.45, 7) is 5.57. The molecule has 0 unspecified atom stereocenters. The van der Waals surface area contributed by atoms with Crippen LogP contribution in [0, 0.1) is 17.0 Å². The Balaban J connectivity index is 1.48. The van der Waals surface area contributed by atoms with Gasteiger partial charge in [-0.05, 0) is 11.8 Å². The number of nitrogens with zero attached hydrogens (tertiary/aromatic N) is 6. The Labute approximate surface area is 141 Å². The molecule has 4 heterocycles. The molecule has 0 amide bonds. The van der Waals surface area contributed by atoms with Crippen LogP contribution in [-0.2, 0) is 6.54 Å². The van der Waals surface area contributed by atoms with Gasteiger partial charge in [0.15, 0.2) is 5.76 Å². The van der Waals surface area contributed by atoms with E-state index in [0.29, 0.717) is 30.4 Å². The van der Waals surface area contributed by atoms with E-state index < -0.39 is 0 Å². The van der Waals surface area contributed by atoms with Crippen LogP contribution in [-0.4, -0.2) is 50.5 Å². The Kier molecular flexibility index (Phi) is 3.69. The monoisotopic (exact) mass is 348 g/mol. The van der Waals surface area contributed by atoms with Gasteiger partial charge in [0.2, 0.25) is 5.82 Å². The highest BCUT2D eigenvalue weighted by Crippen LogP contribution is 2.31. The highest BCUT2D eigenvalue weighted by atomic mass is 32.1. The molecule has 0 bridgehead atoms. The molecule has 0 N–H and O–H groups in total. The van der Waals surface area contributed by atoms with Crippen LogP contribution in [0.25, 0.3) is 4.96 Å². The minimum Gasteiger partial charge on any atom is -0.360 e. The third kappa shape index (κ3) is 2.63. The van der Waals surface area contributed by atoms with Gasteiger partial charge >= 0.3 is 5.82 Å². The van der Waals surface area contributed by atoms with Crippen molar-refractivity contribution in [3.63, 3.8) is 0 Å². The zero-order valence-electron chi connectivity index (χ0n) is 13.1. The summed E-state index contributed by atoms with van der Waals surface area (Å²) in [4.78, 5) is 20.4. The lowest BCUT2D eigenvalue weighted by molar-refractivity contribution is -0.389. The number of piperazine rings is 1. The molecular weight excluding hydrogens is 332 g/mol. The topological polar surface area (TPSA) is 93.0 Å². The SMILES string of the molecule is Cc1cc(CN2CCN(c3nc4sccn4c3[N+](=O)[O-])CC2)on1. The first-order chi connectivity index (χ1) is 11.6. The zero-order chi connectivity index (χ0) is 16.7. The summed E-state index contributed by atoms with van der Waals surface area (Å²) in [6, 6.07) is 1.93. The normalized spacial score (nSPS) is 16.1. The Bertz CT molecular complexity index is 876. The van der Waals surface area contributed by atoms with Crippen LogP contribution in [0.4, 0.5) is 11.6 Å². The van der Waals surface area contributed by atoms with Crippen LogP contribution in [0.5, 0.6) is 0 Å². The van der Waals surface area contributed by atoms with Crippen molar-refractivity contribution in [2.75, 3.05) is 31.1 Å². The molecule has 3 aromatic rings. The van der Waals surface area contributed by atoms with Crippen molar-refractivity contribution in [1.82, 2.24) is 19.4 Å². The van der Waals surface area contributed by atoms with Crippen molar-refractivity contribution in [1.29, 1.82) is 0 Å². The third-order valence-electron chi connectivity index (χ3n) is 4.12. The van der Waals surface area contributed by atoms with Crippen LogP contribution < -0.4 is 4.90 Å². The maximum Gasteiger partial charge on any atom is 0.373 e. The molecule has 0 aromatic carbocycles. The lowest BCUT2D eigenvalue weighted by Crippen LogP contribution is -2.46. The van der Waals surface area contributed by atoms with Crippen molar-refractivity contribution in [2.45, 2.75) is 13.5 Å². The summed E-state index contributed by atoms with van der Waals surface area (Å²) in [5, 5.41) is 17.1. The van der Waals surface area contributed by atoms with Crippen molar-refractivity contribution in [3.05, 3.63) is 39.2 Å². The number of rotatable bonds is 4. The maximum atomic E-state index is 11.4.